The van der Waals surface area contributed by atoms with Gasteiger partial charge in [0.05, 0.1) is 6.04 Å². The predicted octanol–water partition coefficient (Wildman–Crippen LogP) is 3.84. The van der Waals surface area contributed by atoms with Gasteiger partial charge in [-0.3, -0.25) is 4.79 Å². The number of carbonyl (C=O) groups is 1. The molecule has 2 aromatic carbocycles. The van der Waals surface area contributed by atoms with Gasteiger partial charge in [0, 0.05) is 15.6 Å². The van der Waals surface area contributed by atoms with Crippen LogP contribution in [0.25, 0.3) is 11.4 Å². The van der Waals surface area contributed by atoms with Crippen molar-refractivity contribution in [2.45, 2.75) is 18.7 Å². The lowest BCUT2D eigenvalue weighted by molar-refractivity contribution is -0.119. The summed E-state index contributed by atoms with van der Waals surface area (Å²) in [5.74, 6) is -1.70. The van der Waals surface area contributed by atoms with E-state index < -0.39 is 33.3 Å². The Labute approximate surface area is 177 Å². The zero-order valence-corrected chi connectivity index (χ0v) is 17.6. The molecule has 1 atom stereocenters. The smallest absolute Gasteiger partial charge is 0.242 e. The maximum atomic E-state index is 12.4. The molecule has 29 heavy (non-hydrogen) atoms. The van der Waals surface area contributed by atoms with Gasteiger partial charge in [-0.25, -0.2) is 8.42 Å². The lowest BCUT2D eigenvalue weighted by Gasteiger charge is -2.16. The summed E-state index contributed by atoms with van der Waals surface area (Å²) in [6.45, 7) is 1.70. The number of nitrogens with one attached hydrogen (secondary N) is 1. The van der Waals surface area contributed by atoms with Crippen LogP contribution in [0.1, 0.15) is 24.4 Å². The number of amides is 1. The minimum Gasteiger partial charge on any atom is -0.349 e. The van der Waals surface area contributed by atoms with Gasteiger partial charge in [-0.05, 0) is 24.6 Å². The van der Waals surface area contributed by atoms with Gasteiger partial charge < -0.3 is 9.84 Å². The molecule has 0 saturated carbocycles. The number of halogens is 2. The summed E-state index contributed by atoms with van der Waals surface area (Å²) in [6, 6.07) is 13.4. The van der Waals surface area contributed by atoms with Gasteiger partial charge in [0.1, 0.15) is 11.5 Å². The molecule has 0 radical (unpaired) electrons. The first-order valence-corrected chi connectivity index (χ1v) is 11.1. The third kappa shape index (κ3) is 5.79. The Bertz CT molecular complexity index is 1120. The quantitative estimate of drug-likeness (QED) is 0.582. The van der Waals surface area contributed by atoms with Gasteiger partial charge in [-0.2, -0.15) is 4.98 Å². The van der Waals surface area contributed by atoms with E-state index in [2.05, 4.69) is 15.5 Å². The van der Waals surface area contributed by atoms with Crippen LogP contribution < -0.4 is 5.32 Å². The molecular formula is C19H17Cl2N3O4S. The van der Waals surface area contributed by atoms with E-state index in [-0.39, 0.29) is 11.7 Å². The Morgan fingerprint density at radius 2 is 1.90 bits per heavy atom. The van der Waals surface area contributed by atoms with Crippen LogP contribution in [0.5, 0.6) is 0 Å². The van der Waals surface area contributed by atoms with E-state index in [0.29, 0.717) is 21.2 Å². The summed E-state index contributed by atoms with van der Waals surface area (Å²) in [7, 11) is -3.81. The molecule has 0 aliphatic heterocycles. The third-order valence-corrected chi connectivity index (χ3v) is 5.95. The van der Waals surface area contributed by atoms with Crippen molar-refractivity contribution in [3.63, 3.8) is 0 Å². The molecule has 0 unspecified atom stereocenters. The van der Waals surface area contributed by atoms with Gasteiger partial charge in [-0.15, -0.1) is 0 Å². The van der Waals surface area contributed by atoms with E-state index in [0.717, 1.165) is 0 Å². The fourth-order valence-electron chi connectivity index (χ4n) is 2.67. The molecule has 1 heterocycles. The molecule has 0 saturated heterocycles. The second kappa shape index (κ2) is 8.94. The second-order valence-electron chi connectivity index (χ2n) is 6.37. The summed E-state index contributed by atoms with van der Waals surface area (Å²) >= 11 is 12.0. The minimum absolute atomic E-state index is 0.0783. The number of hydrogen-bond donors (Lipinski definition) is 1. The van der Waals surface area contributed by atoms with E-state index >= 15 is 0 Å². The number of aromatic nitrogens is 2. The SMILES string of the molecule is C[C@@H](NC(=O)CS(=O)(=O)Cc1nc(-c2ccccc2)no1)c1ccc(Cl)cc1Cl. The van der Waals surface area contributed by atoms with Crippen molar-refractivity contribution in [1.29, 1.82) is 0 Å². The molecule has 3 rings (SSSR count). The molecule has 152 valence electrons. The molecule has 1 amide bonds. The van der Waals surface area contributed by atoms with E-state index in [9.17, 15) is 13.2 Å². The molecule has 7 nitrogen and oxygen atoms in total. The van der Waals surface area contributed by atoms with Crippen molar-refractivity contribution in [3.8, 4) is 11.4 Å². The Morgan fingerprint density at radius 3 is 2.59 bits per heavy atom. The molecule has 0 spiro atoms. The molecule has 1 N–H and O–H groups in total. The number of carbonyl (C=O) groups excluding carboxylic acids is 1. The summed E-state index contributed by atoms with van der Waals surface area (Å²) < 4.78 is 29.7. The van der Waals surface area contributed by atoms with Crippen LogP contribution >= 0.6 is 23.2 Å². The first-order chi connectivity index (χ1) is 13.7. The second-order valence-corrected chi connectivity index (χ2v) is 9.27. The minimum atomic E-state index is -3.81. The van der Waals surface area contributed by atoms with E-state index in [1.165, 1.54) is 0 Å². The highest BCUT2D eigenvalue weighted by molar-refractivity contribution is 7.91. The normalized spacial score (nSPS) is 12.5. The molecule has 1 aromatic heterocycles. The van der Waals surface area contributed by atoms with Crippen LogP contribution in [-0.2, 0) is 20.4 Å². The monoisotopic (exact) mass is 453 g/mol. The van der Waals surface area contributed by atoms with E-state index in [1.807, 2.05) is 6.07 Å². The first-order valence-electron chi connectivity index (χ1n) is 8.56. The molecule has 0 aliphatic carbocycles. The topological polar surface area (TPSA) is 102 Å². The molecule has 0 fully saturated rings. The predicted molar refractivity (Wildman–Crippen MR) is 110 cm³/mol. The maximum Gasteiger partial charge on any atom is 0.242 e. The van der Waals surface area contributed by atoms with Crippen molar-refractivity contribution in [2.75, 3.05) is 5.75 Å². The van der Waals surface area contributed by atoms with Gasteiger partial charge in [0.15, 0.2) is 9.84 Å². The maximum absolute atomic E-state index is 12.4. The van der Waals surface area contributed by atoms with Crippen molar-refractivity contribution in [1.82, 2.24) is 15.5 Å². The van der Waals surface area contributed by atoms with Crippen LogP contribution in [0.4, 0.5) is 0 Å². The average Bonchev–Trinajstić information content (AvgIpc) is 3.09. The first kappa shape index (κ1) is 21.3. The van der Waals surface area contributed by atoms with Crippen molar-refractivity contribution in [2.24, 2.45) is 0 Å². The zero-order valence-electron chi connectivity index (χ0n) is 15.3. The Balaban J connectivity index is 1.62. The number of nitrogens with zero attached hydrogens (tertiary/aromatic N) is 2. The lowest BCUT2D eigenvalue weighted by Crippen LogP contribution is -2.33. The highest BCUT2D eigenvalue weighted by Crippen LogP contribution is 2.26. The van der Waals surface area contributed by atoms with E-state index in [1.54, 1.807) is 49.4 Å². The van der Waals surface area contributed by atoms with Crippen LogP contribution in [0, 0.1) is 0 Å². The van der Waals surface area contributed by atoms with Crippen LogP contribution in [0.3, 0.4) is 0 Å². The molecule has 0 aliphatic rings. The summed E-state index contributed by atoms with van der Waals surface area (Å²) in [6.07, 6.45) is 0. The van der Waals surface area contributed by atoms with Gasteiger partial charge in [-0.1, -0.05) is 64.8 Å². The fourth-order valence-corrected chi connectivity index (χ4v) is 4.32. The number of sulfone groups is 1. The third-order valence-electron chi connectivity index (χ3n) is 4.00. The van der Waals surface area contributed by atoms with Gasteiger partial charge in [0.25, 0.3) is 0 Å². The fraction of sp³-hybridized carbons (Fsp3) is 0.211. The Kier molecular flexibility index (Phi) is 6.56. The summed E-state index contributed by atoms with van der Waals surface area (Å²) in [5, 5.41) is 7.24. The van der Waals surface area contributed by atoms with Crippen molar-refractivity contribution < 1.29 is 17.7 Å². The molecule has 0 bridgehead atoms. The average molecular weight is 454 g/mol. The number of rotatable bonds is 7. The van der Waals surface area contributed by atoms with Crippen molar-refractivity contribution >= 4 is 38.9 Å². The molecule has 3 aromatic rings. The van der Waals surface area contributed by atoms with E-state index in [4.69, 9.17) is 27.7 Å². The van der Waals surface area contributed by atoms with Crippen LogP contribution in [0.2, 0.25) is 10.0 Å². The molecule has 10 heteroatoms. The van der Waals surface area contributed by atoms with Crippen molar-refractivity contribution in [3.05, 3.63) is 70.0 Å². The van der Waals surface area contributed by atoms with Crippen LogP contribution in [-0.4, -0.2) is 30.2 Å². The van der Waals surface area contributed by atoms with Crippen LogP contribution in [0.15, 0.2) is 53.1 Å². The van der Waals surface area contributed by atoms with Gasteiger partial charge >= 0.3 is 0 Å². The summed E-state index contributed by atoms with van der Waals surface area (Å²) in [4.78, 5) is 16.3. The van der Waals surface area contributed by atoms with Gasteiger partial charge in [0.2, 0.25) is 17.6 Å². The highest BCUT2D eigenvalue weighted by atomic mass is 35.5. The standard InChI is InChI=1S/C19H17Cl2N3O4S/c1-12(15-8-7-14(20)9-16(15)21)22-17(25)10-29(26,27)11-18-23-19(24-28-18)13-5-3-2-4-6-13/h2-9,12H,10-11H2,1H3,(H,22,25)/t12-/m1/s1. The molecular weight excluding hydrogens is 437 g/mol. The lowest BCUT2D eigenvalue weighted by atomic mass is 10.1. The highest BCUT2D eigenvalue weighted by Gasteiger charge is 2.23. The zero-order chi connectivity index (χ0) is 21.0. The Hall–Kier alpha value is -2.42. The number of benzene rings is 2. The largest absolute Gasteiger partial charge is 0.349 e. The summed E-state index contributed by atoms with van der Waals surface area (Å²) in [5.41, 5.74) is 1.33. The number of hydrogen-bond acceptors (Lipinski definition) is 6. The Morgan fingerprint density at radius 1 is 1.17 bits per heavy atom.